The first-order chi connectivity index (χ1) is 9.06. The maximum Gasteiger partial charge on any atom is 0.306 e. The highest BCUT2D eigenvalue weighted by Gasteiger charge is 2.15. The molecule has 1 aromatic rings. The molecule has 0 bridgehead atoms. The van der Waals surface area contributed by atoms with E-state index < -0.39 is 12.1 Å². The second-order valence-electron chi connectivity index (χ2n) is 4.51. The van der Waals surface area contributed by atoms with Crippen molar-refractivity contribution < 1.29 is 24.5 Å². The summed E-state index contributed by atoms with van der Waals surface area (Å²) >= 11 is 0. The predicted molar refractivity (Wildman–Crippen MR) is 67.3 cm³/mol. The number of fused-ring (bicyclic) bond motifs is 1. The molecule has 3 N–H and O–H groups in total. The third-order valence-electron chi connectivity index (χ3n) is 2.94. The van der Waals surface area contributed by atoms with Crippen molar-refractivity contribution in [3.05, 3.63) is 23.3 Å². The summed E-state index contributed by atoms with van der Waals surface area (Å²) in [4.78, 5) is 10.4. The van der Waals surface area contributed by atoms with E-state index in [9.17, 15) is 9.90 Å². The Hall–Kier alpha value is -1.79. The Kier molecular flexibility index (Phi) is 4.24. The molecule has 1 atom stereocenters. The molecule has 6 heteroatoms. The van der Waals surface area contributed by atoms with Gasteiger partial charge in [-0.15, -0.1) is 0 Å². The Bertz CT molecular complexity index is 474. The minimum Gasteiger partial charge on any atom is -0.481 e. The molecule has 0 saturated heterocycles. The molecule has 6 nitrogen and oxygen atoms in total. The average molecular weight is 267 g/mol. The topological polar surface area (TPSA) is 88.0 Å². The first kappa shape index (κ1) is 13.6. The van der Waals surface area contributed by atoms with E-state index >= 15 is 0 Å². The lowest BCUT2D eigenvalue weighted by Crippen LogP contribution is -2.28. The quantitative estimate of drug-likeness (QED) is 0.701. The molecule has 0 amide bonds. The lowest BCUT2D eigenvalue weighted by molar-refractivity contribution is -0.139. The van der Waals surface area contributed by atoms with Gasteiger partial charge in [-0.25, -0.2) is 0 Å². The summed E-state index contributed by atoms with van der Waals surface area (Å²) in [7, 11) is 0. The van der Waals surface area contributed by atoms with Crippen molar-refractivity contribution in [2.75, 3.05) is 13.3 Å². The van der Waals surface area contributed by atoms with Crippen LogP contribution in [0.15, 0.2) is 12.1 Å². The van der Waals surface area contributed by atoms with Gasteiger partial charge in [0.05, 0.1) is 12.5 Å². The van der Waals surface area contributed by atoms with Gasteiger partial charge in [-0.05, 0) is 30.2 Å². The van der Waals surface area contributed by atoms with Gasteiger partial charge in [0.1, 0.15) is 0 Å². The fourth-order valence-corrected chi connectivity index (χ4v) is 1.92. The first-order valence-electron chi connectivity index (χ1n) is 6.06. The van der Waals surface area contributed by atoms with Crippen molar-refractivity contribution in [3.8, 4) is 11.5 Å². The number of ether oxygens (including phenoxy) is 2. The van der Waals surface area contributed by atoms with Gasteiger partial charge < -0.3 is 25.0 Å². The van der Waals surface area contributed by atoms with Gasteiger partial charge in [0.15, 0.2) is 11.5 Å². The Labute approximate surface area is 111 Å². The summed E-state index contributed by atoms with van der Waals surface area (Å²) in [5.74, 6) is 0.453. The van der Waals surface area contributed by atoms with E-state index in [0.717, 1.165) is 16.9 Å². The van der Waals surface area contributed by atoms with Crippen molar-refractivity contribution in [3.63, 3.8) is 0 Å². The van der Waals surface area contributed by atoms with Gasteiger partial charge in [-0.1, -0.05) is 0 Å². The van der Waals surface area contributed by atoms with Gasteiger partial charge in [-0.3, -0.25) is 4.79 Å². The number of benzene rings is 1. The molecule has 0 spiro atoms. The maximum atomic E-state index is 10.4. The number of carboxylic acids is 1. The number of aliphatic hydroxyl groups excluding tert-OH is 1. The van der Waals surface area contributed by atoms with Crippen LogP contribution in [0.1, 0.15) is 17.5 Å². The zero-order valence-corrected chi connectivity index (χ0v) is 10.7. The monoisotopic (exact) mass is 267 g/mol. The summed E-state index contributed by atoms with van der Waals surface area (Å²) in [6, 6.07) is 3.81. The molecule has 1 unspecified atom stereocenters. The van der Waals surface area contributed by atoms with Crippen LogP contribution < -0.4 is 14.8 Å². The molecule has 1 aromatic carbocycles. The number of nitrogens with one attached hydrogen (secondary N) is 1. The van der Waals surface area contributed by atoms with E-state index in [0.29, 0.717) is 12.3 Å². The molecular formula is C13H17NO5. The van der Waals surface area contributed by atoms with Crippen LogP contribution in [0, 0.1) is 6.92 Å². The number of rotatable bonds is 6. The molecule has 0 aliphatic carbocycles. The average Bonchev–Trinajstić information content (AvgIpc) is 2.75. The van der Waals surface area contributed by atoms with Crippen LogP contribution in [0.3, 0.4) is 0 Å². The van der Waals surface area contributed by atoms with Crippen molar-refractivity contribution in [2.24, 2.45) is 0 Å². The van der Waals surface area contributed by atoms with Crippen LogP contribution in [0.2, 0.25) is 0 Å². The molecule has 1 aliphatic heterocycles. The molecule has 0 aromatic heterocycles. The van der Waals surface area contributed by atoms with Crippen LogP contribution in [-0.4, -0.2) is 35.6 Å². The second kappa shape index (κ2) is 5.90. The standard InChI is InChI=1S/C13H17NO5/c1-8-2-11-12(19-7-18-11)3-9(8)5-14-6-10(15)4-13(16)17/h2-3,10,14-15H,4-7H2,1H3,(H,16,17). The largest absolute Gasteiger partial charge is 0.481 e. The highest BCUT2D eigenvalue weighted by Crippen LogP contribution is 2.34. The van der Waals surface area contributed by atoms with Crippen molar-refractivity contribution in [1.82, 2.24) is 5.32 Å². The third kappa shape index (κ3) is 3.59. The SMILES string of the molecule is Cc1cc2c(cc1CNCC(O)CC(=O)O)OCO2. The van der Waals surface area contributed by atoms with Crippen LogP contribution >= 0.6 is 0 Å². The summed E-state index contributed by atoms with van der Waals surface area (Å²) in [6.07, 6.45) is -1.14. The van der Waals surface area contributed by atoms with E-state index in [-0.39, 0.29) is 19.8 Å². The molecule has 1 heterocycles. The van der Waals surface area contributed by atoms with Crippen LogP contribution in [0.5, 0.6) is 11.5 Å². The number of aliphatic hydroxyl groups is 1. The fourth-order valence-electron chi connectivity index (χ4n) is 1.92. The van der Waals surface area contributed by atoms with E-state index in [1.807, 2.05) is 19.1 Å². The highest BCUT2D eigenvalue weighted by molar-refractivity contribution is 5.67. The Morgan fingerprint density at radius 2 is 2.11 bits per heavy atom. The Balaban J connectivity index is 1.88. The summed E-state index contributed by atoms with van der Waals surface area (Å²) < 4.78 is 10.6. The second-order valence-corrected chi connectivity index (χ2v) is 4.51. The molecular weight excluding hydrogens is 250 g/mol. The lowest BCUT2D eigenvalue weighted by Gasteiger charge is -2.11. The number of carboxylic acid groups (broad SMARTS) is 1. The number of hydrogen-bond donors (Lipinski definition) is 3. The first-order valence-corrected chi connectivity index (χ1v) is 6.06. The Morgan fingerprint density at radius 3 is 2.79 bits per heavy atom. The number of hydrogen-bond acceptors (Lipinski definition) is 5. The van der Waals surface area contributed by atoms with Crippen molar-refractivity contribution in [1.29, 1.82) is 0 Å². The van der Waals surface area contributed by atoms with E-state index in [1.165, 1.54) is 0 Å². The van der Waals surface area contributed by atoms with Gasteiger partial charge in [-0.2, -0.15) is 0 Å². The van der Waals surface area contributed by atoms with Crippen molar-refractivity contribution >= 4 is 5.97 Å². The van der Waals surface area contributed by atoms with Gasteiger partial charge in [0.2, 0.25) is 6.79 Å². The zero-order valence-electron chi connectivity index (χ0n) is 10.7. The molecule has 2 rings (SSSR count). The summed E-state index contributed by atoms with van der Waals surface area (Å²) in [6.45, 7) is 2.98. The maximum absolute atomic E-state index is 10.4. The number of aryl methyl sites for hydroxylation is 1. The fraction of sp³-hybridized carbons (Fsp3) is 0.462. The predicted octanol–water partition coefficient (Wildman–Crippen LogP) is 0.649. The molecule has 0 saturated carbocycles. The smallest absolute Gasteiger partial charge is 0.306 e. The number of aliphatic carboxylic acids is 1. The molecule has 0 radical (unpaired) electrons. The van der Waals surface area contributed by atoms with Crippen LogP contribution in [0.25, 0.3) is 0 Å². The minimum absolute atomic E-state index is 0.236. The third-order valence-corrected chi connectivity index (χ3v) is 2.94. The van der Waals surface area contributed by atoms with E-state index in [4.69, 9.17) is 14.6 Å². The molecule has 104 valence electrons. The van der Waals surface area contributed by atoms with E-state index in [1.54, 1.807) is 0 Å². The number of carbonyl (C=O) groups is 1. The Morgan fingerprint density at radius 1 is 1.42 bits per heavy atom. The molecule has 0 fully saturated rings. The van der Waals surface area contributed by atoms with E-state index in [2.05, 4.69) is 5.32 Å². The van der Waals surface area contributed by atoms with Gasteiger partial charge in [0, 0.05) is 13.1 Å². The molecule has 19 heavy (non-hydrogen) atoms. The van der Waals surface area contributed by atoms with Gasteiger partial charge in [0.25, 0.3) is 0 Å². The minimum atomic E-state index is -1.01. The highest BCUT2D eigenvalue weighted by atomic mass is 16.7. The summed E-state index contributed by atoms with van der Waals surface area (Å²) in [5, 5.41) is 21.0. The zero-order chi connectivity index (χ0) is 13.8. The molecule has 1 aliphatic rings. The van der Waals surface area contributed by atoms with Crippen molar-refractivity contribution in [2.45, 2.75) is 26.0 Å². The lowest BCUT2D eigenvalue weighted by atomic mass is 10.1. The normalized spacial score (nSPS) is 14.4. The van der Waals surface area contributed by atoms with Crippen LogP contribution in [0.4, 0.5) is 0 Å². The van der Waals surface area contributed by atoms with Crippen LogP contribution in [-0.2, 0) is 11.3 Å². The van der Waals surface area contributed by atoms with Gasteiger partial charge >= 0.3 is 5.97 Å². The summed E-state index contributed by atoms with van der Waals surface area (Å²) in [5.41, 5.74) is 2.09.